The Morgan fingerprint density at radius 3 is 2.70 bits per heavy atom. The molecule has 6 heteroatoms. The van der Waals surface area contributed by atoms with Crippen LogP contribution in [0.2, 0.25) is 0 Å². The number of hydrogen-bond acceptors (Lipinski definition) is 4. The Bertz CT molecular complexity index is 448. The molecule has 0 saturated carbocycles. The zero-order valence-corrected chi connectivity index (χ0v) is 12.0. The highest BCUT2D eigenvalue weighted by Crippen LogP contribution is 2.14. The van der Waals surface area contributed by atoms with Gasteiger partial charge in [0.1, 0.15) is 6.26 Å². The number of carbonyl (C=O) groups excluding carboxylic acids is 2. The summed E-state index contributed by atoms with van der Waals surface area (Å²) in [7, 11) is 0. The van der Waals surface area contributed by atoms with E-state index < -0.39 is 0 Å². The Hall–Kier alpha value is -1.85. The Kier molecular flexibility index (Phi) is 4.76. The average Bonchev–Trinajstić information content (AvgIpc) is 2.92. The number of hydrogen-bond donors (Lipinski definition) is 1. The first-order chi connectivity index (χ1) is 9.56. The van der Waals surface area contributed by atoms with Crippen LogP contribution < -0.4 is 5.32 Å². The molecule has 20 heavy (non-hydrogen) atoms. The molecule has 1 N–H and O–H groups in total. The summed E-state index contributed by atoms with van der Waals surface area (Å²) in [4.78, 5) is 25.6. The van der Waals surface area contributed by atoms with E-state index in [2.05, 4.69) is 15.0 Å². The fourth-order valence-corrected chi connectivity index (χ4v) is 2.34. The molecule has 0 bridgehead atoms. The molecule has 1 fully saturated rings. The van der Waals surface area contributed by atoms with Crippen LogP contribution in [0.4, 0.5) is 0 Å². The van der Waals surface area contributed by atoms with Gasteiger partial charge in [-0.25, -0.2) is 0 Å². The minimum Gasteiger partial charge on any atom is -0.364 e. The molecule has 1 aliphatic rings. The standard InChI is InChI=1S/C14H21N3O3/c1-10(2)9-13(18)17-6-3-11(4-7-17)15-14(19)12-5-8-20-16-12/h5,8,10-11H,3-4,6-7,9H2,1-2H3,(H,15,19). The van der Waals surface area contributed by atoms with Gasteiger partial charge >= 0.3 is 0 Å². The zero-order chi connectivity index (χ0) is 14.5. The third kappa shape index (κ3) is 3.82. The molecule has 0 atom stereocenters. The lowest BCUT2D eigenvalue weighted by Crippen LogP contribution is -2.46. The van der Waals surface area contributed by atoms with E-state index in [0.717, 1.165) is 12.8 Å². The Balaban J connectivity index is 1.77. The number of carbonyl (C=O) groups is 2. The van der Waals surface area contributed by atoms with E-state index >= 15 is 0 Å². The molecule has 2 amide bonds. The van der Waals surface area contributed by atoms with Crippen LogP contribution in [-0.4, -0.2) is 41.0 Å². The van der Waals surface area contributed by atoms with Gasteiger partial charge in [-0.05, 0) is 18.8 Å². The third-order valence-electron chi connectivity index (χ3n) is 3.44. The van der Waals surface area contributed by atoms with Crippen LogP contribution >= 0.6 is 0 Å². The van der Waals surface area contributed by atoms with E-state index in [0.29, 0.717) is 31.1 Å². The lowest BCUT2D eigenvalue weighted by atomic mass is 10.0. The van der Waals surface area contributed by atoms with Crippen molar-refractivity contribution in [3.63, 3.8) is 0 Å². The first-order valence-electron chi connectivity index (χ1n) is 7.05. The maximum absolute atomic E-state index is 11.9. The summed E-state index contributed by atoms with van der Waals surface area (Å²) in [6, 6.07) is 1.64. The highest BCUT2D eigenvalue weighted by Gasteiger charge is 2.24. The minimum atomic E-state index is -0.217. The van der Waals surface area contributed by atoms with E-state index in [1.54, 1.807) is 0 Å². The van der Waals surface area contributed by atoms with Crippen LogP contribution in [0.25, 0.3) is 0 Å². The predicted molar refractivity (Wildman–Crippen MR) is 73.0 cm³/mol. The Morgan fingerprint density at radius 2 is 2.15 bits per heavy atom. The van der Waals surface area contributed by atoms with Gasteiger partial charge in [-0.3, -0.25) is 9.59 Å². The van der Waals surface area contributed by atoms with Crippen molar-refractivity contribution < 1.29 is 14.1 Å². The fourth-order valence-electron chi connectivity index (χ4n) is 2.34. The van der Waals surface area contributed by atoms with Crippen molar-refractivity contribution in [3.8, 4) is 0 Å². The number of nitrogens with one attached hydrogen (secondary N) is 1. The second-order valence-corrected chi connectivity index (χ2v) is 5.61. The van der Waals surface area contributed by atoms with Gasteiger partial charge in [0.25, 0.3) is 5.91 Å². The predicted octanol–water partition coefficient (Wildman–Crippen LogP) is 1.44. The zero-order valence-electron chi connectivity index (χ0n) is 12.0. The van der Waals surface area contributed by atoms with Gasteiger partial charge in [0.15, 0.2) is 5.69 Å². The number of amides is 2. The molecule has 0 aromatic carbocycles. The molecule has 2 heterocycles. The van der Waals surface area contributed by atoms with Gasteiger partial charge in [-0.2, -0.15) is 0 Å². The molecule has 1 aromatic heterocycles. The lowest BCUT2D eigenvalue weighted by Gasteiger charge is -2.32. The Morgan fingerprint density at radius 1 is 1.45 bits per heavy atom. The lowest BCUT2D eigenvalue weighted by molar-refractivity contribution is -0.133. The molecule has 0 unspecified atom stereocenters. The molecular formula is C14H21N3O3. The van der Waals surface area contributed by atoms with Gasteiger partial charge in [-0.1, -0.05) is 19.0 Å². The number of piperidine rings is 1. The van der Waals surface area contributed by atoms with Crippen LogP contribution in [0, 0.1) is 5.92 Å². The smallest absolute Gasteiger partial charge is 0.273 e. The number of rotatable bonds is 4. The third-order valence-corrected chi connectivity index (χ3v) is 3.44. The van der Waals surface area contributed by atoms with Gasteiger partial charge in [0.2, 0.25) is 5.91 Å². The summed E-state index contributed by atoms with van der Waals surface area (Å²) in [6.07, 6.45) is 3.54. The number of aromatic nitrogens is 1. The van der Waals surface area contributed by atoms with Gasteiger partial charge in [0.05, 0.1) is 0 Å². The maximum atomic E-state index is 11.9. The van der Waals surface area contributed by atoms with Gasteiger partial charge in [-0.15, -0.1) is 0 Å². The molecule has 110 valence electrons. The molecule has 1 saturated heterocycles. The van der Waals surface area contributed by atoms with Crippen LogP contribution in [0.15, 0.2) is 16.9 Å². The SMILES string of the molecule is CC(C)CC(=O)N1CCC(NC(=O)c2ccon2)CC1. The van der Waals surface area contributed by atoms with Gasteiger partial charge in [0, 0.05) is 31.6 Å². The largest absolute Gasteiger partial charge is 0.364 e. The normalized spacial score (nSPS) is 16.4. The van der Waals surface area contributed by atoms with E-state index in [9.17, 15) is 9.59 Å². The van der Waals surface area contributed by atoms with Crippen molar-refractivity contribution in [2.24, 2.45) is 5.92 Å². The summed E-state index contributed by atoms with van der Waals surface area (Å²) >= 11 is 0. The Labute approximate surface area is 118 Å². The van der Waals surface area contributed by atoms with Crippen LogP contribution in [0.5, 0.6) is 0 Å². The second kappa shape index (κ2) is 6.54. The summed E-state index contributed by atoms with van der Waals surface area (Å²) in [6.45, 7) is 5.50. The van der Waals surface area contributed by atoms with Crippen LogP contribution in [0.3, 0.4) is 0 Å². The quantitative estimate of drug-likeness (QED) is 0.905. The first kappa shape index (κ1) is 14.6. The number of likely N-dealkylation sites (tertiary alicyclic amines) is 1. The van der Waals surface area contributed by atoms with Crippen molar-refractivity contribution in [3.05, 3.63) is 18.0 Å². The molecule has 1 aromatic rings. The van der Waals surface area contributed by atoms with Crippen molar-refractivity contribution in [1.82, 2.24) is 15.4 Å². The molecule has 0 aliphatic carbocycles. The molecule has 0 radical (unpaired) electrons. The second-order valence-electron chi connectivity index (χ2n) is 5.61. The fraction of sp³-hybridized carbons (Fsp3) is 0.643. The van der Waals surface area contributed by atoms with E-state index in [4.69, 9.17) is 0 Å². The monoisotopic (exact) mass is 279 g/mol. The molecule has 2 rings (SSSR count). The molecular weight excluding hydrogens is 258 g/mol. The molecule has 1 aliphatic heterocycles. The summed E-state index contributed by atoms with van der Waals surface area (Å²) in [5, 5.41) is 6.53. The first-order valence-corrected chi connectivity index (χ1v) is 7.05. The number of nitrogens with zero attached hydrogens (tertiary/aromatic N) is 2. The van der Waals surface area contributed by atoms with E-state index in [1.165, 1.54) is 12.3 Å². The summed E-state index contributed by atoms with van der Waals surface area (Å²) in [5.41, 5.74) is 0.295. The highest BCUT2D eigenvalue weighted by atomic mass is 16.5. The molecule has 0 spiro atoms. The van der Waals surface area contributed by atoms with Crippen LogP contribution in [-0.2, 0) is 4.79 Å². The minimum absolute atomic E-state index is 0.0994. The van der Waals surface area contributed by atoms with Crippen LogP contribution in [0.1, 0.15) is 43.6 Å². The summed E-state index contributed by atoms with van der Waals surface area (Å²) in [5.74, 6) is 0.374. The van der Waals surface area contributed by atoms with Crippen molar-refractivity contribution in [2.45, 2.75) is 39.2 Å². The van der Waals surface area contributed by atoms with Gasteiger partial charge < -0.3 is 14.7 Å². The van der Waals surface area contributed by atoms with E-state index in [1.807, 2.05) is 18.7 Å². The van der Waals surface area contributed by atoms with E-state index in [-0.39, 0.29) is 17.9 Å². The van der Waals surface area contributed by atoms with Crippen molar-refractivity contribution >= 4 is 11.8 Å². The highest BCUT2D eigenvalue weighted by molar-refractivity contribution is 5.92. The average molecular weight is 279 g/mol. The summed E-state index contributed by atoms with van der Waals surface area (Å²) < 4.78 is 4.65. The molecule has 6 nitrogen and oxygen atoms in total. The van der Waals surface area contributed by atoms with Crippen molar-refractivity contribution in [2.75, 3.05) is 13.1 Å². The van der Waals surface area contributed by atoms with Crippen molar-refractivity contribution in [1.29, 1.82) is 0 Å². The topological polar surface area (TPSA) is 75.4 Å². The maximum Gasteiger partial charge on any atom is 0.273 e.